The van der Waals surface area contributed by atoms with Crippen molar-refractivity contribution in [3.8, 4) is 5.75 Å². The largest absolute Gasteiger partial charge is 0.495 e. The van der Waals surface area contributed by atoms with Crippen molar-refractivity contribution in [3.63, 3.8) is 0 Å². The molecule has 3 amide bonds. The molecule has 0 radical (unpaired) electrons. The number of ether oxygens (including phenoxy) is 1. The molecule has 4 aromatic rings. The molecule has 1 aromatic heterocycles. The van der Waals surface area contributed by atoms with Crippen molar-refractivity contribution in [1.29, 1.82) is 0 Å². The lowest BCUT2D eigenvalue weighted by molar-refractivity contribution is -0.136. The number of fused-ring (bicyclic) bond motifs is 3. The fraction of sp³-hybridized carbons (Fsp3) is 0.185. The number of hydrogen-bond donors (Lipinski definition) is 3. The van der Waals surface area contributed by atoms with Gasteiger partial charge < -0.3 is 24.7 Å². The van der Waals surface area contributed by atoms with Crippen LogP contribution in [0.15, 0.2) is 70.2 Å². The van der Waals surface area contributed by atoms with Crippen molar-refractivity contribution in [2.75, 3.05) is 36.7 Å². The smallest absolute Gasteiger partial charge is 0.329 e. The van der Waals surface area contributed by atoms with E-state index in [0.29, 0.717) is 28.3 Å². The fourth-order valence-electron chi connectivity index (χ4n) is 3.71. The maximum atomic E-state index is 12.5. The van der Waals surface area contributed by atoms with Gasteiger partial charge in [0.2, 0.25) is 5.91 Å². The normalized spacial score (nSPS) is 11.3. The zero-order valence-electron chi connectivity index (χ0n) is 20.9. The first-order valence-electron chi connectivity index (χ1n) is 11.5. The van der Waals surface area contributed by atoms with Gasteiger partial charge in [-0.15, -0.1) is 0 Å². The number of nitrogens with zero attached hydrogens (tertiary/aromatic N) is 2. The van der Waals surface area contributed by atoms with E-state index in [4.69, 9.17) is 9.15 Å². The van der Waals surface area contributed by atoms with Gasteiger partial charge in [0.05, 0.1) is 19.2 Å². The number of carbonyl (C=O) groups is 3. The zero-order chi connectivity index (χ0) is 26.5. The maximum absolute atomic E-state index is 12.5. The number of para-hydroxylation sites is 1. The Labute approximate surface area is 213 Å². The Bertz CT molecular complexity index is 1510. The topological polar surface area (TPSA) is 125 Å². The first-order valence-corrected chi connectivity index (χ1v) is 11.5. The Hall–Kier alpha value is -4.86. The molecule has 3 N–H and O–H groups in total. The summed E-state index contributed by atoms with van der Waals surface area (Å²) in [5.41, 5.74) is 5.65. The highest BCUT2D eigenvalue weighted by atomic mass is 16.5. The average molecular weight is 502 g/mol. The van der Waals surface area contributed by atoms with Gasteiger partial charge in [-0.2, -0.15) is 5.10 Å². The fourth-order valence-corrected chi connectivity index (χ4v) is 3.71. The molecule has 190 valence electrons. The summed E-state index contributed by atoms with van der Waals surface area (Å²) in [6.45, 7) is 1.57. The Balaban J connectivity index is 1.36. The number of rotatable bonds is 7. The van der Waals surface area contributed by atoms with Crippen molar-refractivity contribution in [1.82, 2.24) is 5.43 Å². The number of amides is 3. The number of furan rings is 1. The summed E-state index contributed by atoms with van der Waals surface area (Å²) in [5, 5.41) is 10.9. The predicted octanol–water partition coefficient (Wildman–Crippen LogP) is 4.12. The molecule has 0 fully saturated rings. The molecule has 0 aliphatic carbocycles. The predicted molar refractivity (Wildman–Crippen MR) is 144 cm³/mol. The lowest BCUT2D eigenvalue weighted by Gasteiger charge is -2.13. The molecule has 0 atom stereocenters. The van der Waals surface area contributed by atoms with Crippen molar-refractivity contribution < 1.29 is 23.5 Å². The van der Waals surface area contributed by atoms with Crippen LogP contribution in [0.1, 0.15) is 13.3 Å². The molecule has 0 spiro atoms. The third kappa shape index (κ3) is 5.87. The summed E-state index contributed by atoms with van der Waals surface area (Å²) < 4.78 is 11.2. The van der Waals surface area contributed by atoms with Crippen LogP contribution >= 0.6 is 0 Å². The van der Waals surface area contributed by atoms with Gasteiger partial charge in [-0.05, 0) is 43.3 Å². The van der Waals surface area contributed by atoms with E-state index >= 15 is 0 Å². The highest BCUT2D eigenvalue weighted by Crippen LogP contribution is 2.36. The molecule has 0 aliphatic heterocycles. The maximum Gasteiger partial charge on any atom is 0.329 e. The first-order chi connectivity index (χ1) is 17.7. The Morgan fingerprint density at radius 1 is 0.919 bits per heavy atom. The Kier molecular flexibility index (Phi) is 7.38. The standard InChI is InChI=1S/C27H27N5O5/c1-16(13-25(33)28-17-9-11-18(12-10-17)32(2)3)30-31-27(35)26(34)29-21-15-23-20(14-24(21)36-4)19-7-5-6-8-22(19)37-23/h5-12,14-15H,13H2,1-4H3,(H,28,33)(H,29,34)(H,31,35). The van der Waals surface area contributed by atoms with E-state index in [1.165, 1.54) is 7.11 Å². The third-order valence-corrected chi connectivity index (χ3v) is 5.59. The number of benzene rings is 3. The van der Waals surface area contributed by atoms with Gasteiger partial charge in [0.25, 0.3) is 0 Å². The van der Waals surface area contributed by atoms with Gasteiger partial charge >= 0.3 is 11.8 Å². The Morgan fingerprint density at radius 3 is 2.35 bits per heavy atom. The lowest BCUT2D eigenvalue weighted by atomic mass is 10.1. The Morgan fingerprint density at radius 2 is 1.65 bits per heavy atom. The summed E-state index contributed by atoms with van der Waals surface area (Å²) in [4.78, 5) is 39.0. The second kappa shape index (κ2) is 10.8. The molecule has 10 heteroatoms. The highest BCUT2D eigenvalue weighted by molar-refractivity contribution is 6.40. The van der Waals surface area contributed by atoms with E-state index in [0.717, 1.165) is 16.5 Å². The molecule has 0 saturated carbocycles. The third-order valence-electron chi connectivity index (χ3n) is 5.59. The van der Waals surface area contributed by atoms with E-state index in [1.54, 1.807) is 31.2 Å². The van der Waals surface area contributed by atoms with Crippen LogP contribution < -0.4 is 25.7 Å². The van der Waals surface area contributed by atoms with Crippen LogP contribution in [0, 0.1) is 0 Å². The highest BCUT2D eigenvalue weighted by Gasteiger charge is 2.18. The van der Waals surface area contributed by atoms with Gasteiger partial charge in [-0.3, -0.25) is 14.4 Å². The van der Waals surface area contributed by atoms with Crippen LogP contribution in [-0.4, -0.2) is 44.6 Å². The van der Waals surface area contributed by atoms with Crippen molar-refractivity contribution in [3.05, 3.63) is 60.7 Å². The molecule has 10 nitrogen and oxygen atoms in total. The zero-order valence-corrected chi connectivity index (χ0v) is 20.9. The van der Waals surface area contributed by atoms with Gasteiger partial charge in [-0.1, -0.05) is 18.2 Å². The lowest BCUT2D eigenvalue weighted by Crippen LogP contribution is -2.33. The SMILES string of the molecule is COc1cc2c(cc1NC(=O)C(=O)NN=C(C)CC(=O)Nc1ccc(N(C)C)cc1)oc1ccccc12. The summed E-state index contributed by atoms with van der Waals surface area (Å²) in [6, 6.07) is 18.2. The molecule has 0 aliphatic rings. The molecule has 1 heterocycles. The molecule has 4 rings (SSSR count). The van der Waals surface area contributed by atoms with Gasteiger partial charge in [0.15, 0.2) is 0 Å². The minimum atomic E-state index is -0.995. The number of hydrogen-bond acceptors (Lipinski definition) is 7. The van der Waals surface area contributed by atoms with E-state index in [1.807, 2.05) is 55.4 Å². The number of carbonyl (C=O) groups excluding carboxylic acids is 3. The summed E-state index contributed by atoms with van der Waals surface area (Å²) in [5.74, 6) is -1.88. The van der Waals surface area contributed by atoms with Crippen LogP contribution in [0.2, 0.25) is 0 Å². The van der Waals surface area contributed by atoms with Crippen LogP contribution in [0.5, 0.6) is 5.75 Å². The molecule has 3 aromatic carbocycles. The number of nitrogens with one attached hydrogen (secondary N) is 3. The monoisotopic (exact) mass is 501 g/mol. The number of methoxy groups -OCH3 is 1. The van der Waals surface area contributed by atoms with Gasteiger partial charge in [0.1, 0.15) is 16.9 Å². The number of hydrazone groups is 1. The van der Waals surface area contributed by atoms with E-state index in [9.17, 15) is 14.4 Å². The summed E-state index contributed by atoms with van der Waals surface area (Å²) in [7, 11) is 5.32. The average Bonchev–Trinajstić information content (AvgIpc) is 3.24. The van der Waals surface area contributed by atoms with Crippen LogP contribution in [0.4, 0.5) is 17.1 Å². The van der Waals surface area contributed by atoms with Gasteiger partial charge in [-0.25, -0.2) is 5.43 Å². The van der Waals surface area contributed by atoms with Crippen LogP contribution in [0.25, 0.3) is 21.9 Å². The second-order valence-corrected chi connectivity index (χ2v) is 8.56. The molecular weight excluding hydrogens is 474 g/mol. The number of anilines is 3. The van der Waals surface area contributed by atoms with E-state index in [2.05, 4.69) is 21.2 Å². The van der Waals surface area contributed by atoms with Crippen LogP contribution in [0.3, 0.4) is 0 Å². The van der Waals surface area contributed by atoms with Gasteiger partial charge in [0, 0.05) is 48.0 Å². The quantitative estimate of drug-likeness (QED) is 0.199. The van der Waals surface area contributed by atoms with E-state index in [-0.39, 0.29) is 18.0 Å². The van der Waals surface area contributed by atoms with Crippen molar-refractivity contribution in [2.24, 2.45) is 5.10 Å². The minimum absolute atomic E-state index is 0.0616. The summed E-state index contributed by atoms with van der Waals surface area (Å²) in [6.07, 6.45) is -0.0616. The van der Waals surface area contributed by atoms with E-state index < -0.39 is 11.8 Å². The molecule has 37 heavy (non-hydrogen) atoms. The molecule has 0 unspecified atom stereocenters. The molecule has 0 saturated heterocycles. The van der Waals surface area contributed by atoms with Crippen molar-refractivity contribution >= 4 is 62.4 Å². The van der Waals surface area contributed by atoms with Crippen LogP contribution in [-0.2, 0) is 14.4 Å². The molecule has 0 bridgehead atoms. The second-order valence-electron chi connectivity index (χ2n) is 8.56. The first kappa shape index (κ1) is 25.2. The van der Waals surface area contributed by atoms with Crippen molar-refractivity contribution in [2.45, 2.75) is 13.3 Å². The molecular formula is C27H27N5O5. The summed E-state index contributed by atoms with van der Waals surface area (Å²) >= 11 is 0. The minimum Gasteiger partial charge on any atom is -0.495 e.